The van der Waals surface area contributed by atoms with Crippen molar-refractivity contribution in [3.63, 3.8) is 0 Å². The molecule has 0 spiro atoms. The maximum atomic E-state index is 12.2. The summed E-state index contributed by atoms with van der Waals surface area (Å²) in [6.07, 6.45) is 0.818. The van der Waals surface area contributed by atoms with Crippen LogP contribution in [0, 0.1) is 5.92 Å². The van der Waals surface area contributed by atoms with Gasteiger partial charge in [0.15, 0.2) is 0 Å². The van der Waals surface area contributed by atoms with Crippen LogP contribution < -0.4 is 0 Å². The number of benzene rings is 1. The molecule has 0 radical (unpaired) electrons. The molecule has 0 aromatic heterocycles. The van der Waals surface area contributed by atoms with Crippen molar-refractivity contribution in [1.82, 2.24) is 4.90 Å². The van der Waals surface area contributed by atoms with E-state index in [1.54, 1.807) is 12.1 Å². The molecular formula is C14H16F3NO2S. The molecule has 2 unspecified atom stereocenters. The second kappa shape index (κ2) is 6.27. The molecule has 1 aliphatic rings. The molecule has 0 amide bonds. The van der Waals surface area contributed by atoms with E-state index in [9.17, 15) is 23.1 Å². The van der Waals surface area contributed by atoms with Crippen LogP contribution in [0.3, 0.4) is 0 Å². The van der Waals surface area contributed by atoms with Crippen LogP contribution in [0.25, 0.3) is 0 Å². The minimum atomic E-state index is -4.29. The quantitative estimate of drug-likeness (QED) is 0.861. The molecule has 2 atom stereocenters. The normalized spacial score (nSPS) is 23.4. The van der Waals surface area contributed by atoms with E-state index in [2.05, 4.69) is 0 Å². The first kappa shape index (κ1) is 16.2. The number of thioether (sulfide) groups is 1. The lowest BCUT2D eigenvalue weighted by atomic mass is 10.0. The van der Waals surface area contributed by atoms with E-state index in [1.165, 1.54) is 12.1 Å². The van der Waals surface area contributed by atoms with Crippen molar-refractivity contribution in [2.45, 2.75) is 36.3 Å². The molecule has 1 aromatic carbocycles. The Bertz CT molecular complexity index is 504. The molecule has 1 N–H and O–H groups in total. The monoisotopic (exact) mass is 319 g/mol. The predicted molar refractivity (Wildman–Crippen MR) is 74.0 cm³/mol. The van der Waals surface area contributed by atoms with Crippen LogP contribution in [-0.4, -0.2) is 34.1 Å². The summed E-state index contributed by atoms with van der Waals surface area (Å²) in [5.41, 5.74) is -3.47. The van der Waals surface area contributed by atoms with E-state index >= 15 is 0 Å². The SMILES string of the molecule is CC1CCN(Cc2ccc(SC(F)(F)F)cc2)C1C(=O)O. The van der Waals surface area contributed by atoms with Crippen molar-refractivity contribution in [3.8, 4) is 0 Å². The first-order valence-corrected chi connectivity index (χ1v) is 7.39. The van der Waals surface area contributed by atoms with Gasteiger partial charge in [-0.25, -0.2) is 0 Å². The van der Waals surface area contributed by atoms with Crippen molar-refractivity contribution in [2.24, 2.45) is 5.92 Å². The third-order valence-corrected chi connectivity index (χ3v) is 4.34. The topological polar surface area (TPSA) is 40.5 Å². The van der Waals surface area contributed by atoms with Gasteiger partial charge in [-0.1, -0.05) is 19.1 Å². The Morgan fingerprint density at radius 3 is 2.52 bits per heavy atom. The first-order valence-electron chi connectivity index (χ1n) is 6.58. The summed E-state index contributed by atoms with van der Waals surface area (Å²) in [6.45, 7) is 3.04. The summed E-state index contributed by atoms with van der Waals surface area (Å²) in [7, 11) is 0. The smallest absolute Gasteiger partial charge is 0.446 e. The van der Waals surface area contributed by atoms with Gasteiger partial charge in [-0.05, 0) is 48.3 Å². The molecule has 1 fully saturated rings. The van der Waals surface area contributed by atoms with Gasteiger partial charge in [-0.3, -0.25) is 9.69 Å². The first-order chi connectivity index (χ1) is 9.76. The molecule has 21 heavy (non-hydrogen) atoms. The number of halogens is 3. The Balaban J connectivity index is 2.02. The summed E-state index contributed by atoms with van der Waals surface area (Å²) < 4.78 is 36.7. The molecule has 0 saturated carbocycles. The maximum absolute atomic E-state index is 12.2. The Morgan fingerprint density at radius 1 is 1.38 bits per heavy atom. The number of hydrogen-bond donors (Lipinski definition) is 1. The van der Waals surface area contributed by atoms with Crippen LogP contribution >= 0.6 is 11.8 Å². The maximum Gasteiger partial charge on any atom is 0.446 e. The Hall–Kier alpha value is -1.21. The van der Waals surface area contributed by atoms with Crippen molar-refractivity contribution in [1.29, 1.82) is 0 Å². The van der Waals surface area contributed by atoms with Crippen LogP contribution in [0.4, 0.5) is 13.2 Å². The Kier molecular flexibility index (Phi) is 4.83. The zero-order valence-corrected chi connectivity index (χ0v) is 12.2. The molecule has 1 aliphatic heterocycles. The lowest BCUT2D eigenvalue weighted by Gasteiger charge is -2.23. The van der Waals surface area contributed by atoms with Crippen LogP contribution in [0.15, 0.2) is 29.2 Å². The molecule has 0 aliphatic carbocycles. The number of carboxylic acid groups (broad SMARTS) is 1. The van der Waals surface area contributed by atoms with Gasteiger partial charge < -0.3 is 5.11 Å². The van der Waals surface area contributed by atoms with Crippen molar-refractivity contribution < 1.29 is 23.1 Å². The molecule has 2 rings (SSSR count). The highest BCUT2D eigenvalue weighted by Gasteiger charge is 2.36. The highest BCUT2D eigenvalue weighted by atomic mass is 32.2. The average molecular weight is 319 g/mol. The lowest BCUT2D eigenvalue weighted by Crippen LogP contribution is -2.38. The lowest BCUT2D eigenvalue weighted by molar-refractivity contribution is -0.143. The van der Waals surface area contributed by atoms with Gasteiger partial charge in [0.1, 0.15) is 6.04 Å². The molecular weight excluding hydrogens is 303 g/mol. The van der Waals surface area contributed by atoms with E-state index < -0.39 is 17.5 Å². The largest absolute Gasteiger partial charge is 0.480 e. The van der Waals surface area contributed by atoms with Gasteiger partial charge in [0.2, 0.25) is 0 Å². The van der Waals surface area contributed by atoms with Gasteiger partial charge in [0.05, 0.1) is 0 Å². The van der Waals surface area contributed by atoms with E-state index in [1.807, 2.05) is 11.8 Å². The number of hydrogen-bond acceptors (Lipinski definition) is 3. The summed E-state index contributed by atoms with van der Waals surface area (Å²) in [5.74, 6) is -0.758. The highest BCUT2D eigenvalue weighted by molar-refractivity contribution is 8.00. The molecule has 3 nitrogen and oxygen atoms in total. The fourth-order valence-electron chi connectivity index (χ4n) is 2.63. The van der Waals surface area contributed by atoms with E-state index in [4.69, 9.17) is 0 Å². The molecule has 116 valence electrons. The summed E-state index contributed by atoms with van der Waals surface area (Å²) >= 11 is -0.150. The fraction of sp³-hybridized carbons (Fsp3) is 0.500. The molecule has 0 bridgehead atoms. The molecule has 1 saturated heterocycles. The van der Waals surface area contributed by atoms with E-state index in [0.29, 0.717) is 13.1 Å². The Labute approximate surface area is 125 Å². The third-order valence-electron chi connectivity index (χ3n) is 3.60. The zero-order valence-electron chi connectivity index (χ0n) is 11.4. The molecule has 7 heteroatoms. The van der Waals surface area contributed by atoms with E-state index in [0.717, 1.165) is 12.0 Å². The number of likely N-dealkylation sites (tertiary alicyclic amines) is 1. The number of nitrogens with zero attached hydrogens (tertiary/aromatic N) is 1. The van der Waals surface area contributed by atoms with Crippen molar-refractivity contribution >= 4 is 17.7 Å². The number of aliphatic carboxylic acids is 1. The van der Waals surface area contributed by atoms with Crippen LogP contribution in [-0.2, 0) is 11.3 Å². The zero-order chi connectivity index (χ0) is 15.6. The van der Waals surface area contributed by atoms with Gasteiger partial charge in [0.25, 0.3) is 0 Å². The minimum Gasteiger partial charge on any atom is -0.480 e. The summed E-state index contributed by atoms with van der Waals surface area (Å²) in [4.78, 5) is 13.2. The Morgan fingerprint density at radius 2 is 2.00 bits per heavy atom. The van der Waals surface area contributed by atoms with E-state index in [-0.39, 0.29) is 22.6 Å². The number of carbonyl (C=O) groups is 1. The van der Waals surface area contributed by atoms with Gasteiger partial charge in [-0.15, -0.1) is 0 Å². The average Bonchev–Trinajstić information content (AvgIpc) is 2.71. The highest BCUT2D eigenvalue weighted by Crippen LogP contribution is 2.37. The van der Waals surface area contributed by atoms with Crippen LogP contribution in [0.2, 0.25) is 0 Å². The summed E-state index contributed by atoms with van der Waals surface area (Å²) in [5, 5.41) is 9.23. The minimum absolute atomic E-state index is 0.0857. The van der Waals surface area contributed by atoms with Crippen LogP contribution in [0.5, 0.6) is 0 Å². The number of rotatable bonds is 4. The third kappa shape index (κ3) is 4.38. The fourth-order valence-corrected chi connectivity index (χ4v) is 3.17. The number of carboxylic acids is 1. The summed E-state index contributed by atoms with van der Waals surface area (Å²) in [6, 6.07) is 5.56. The van der Waals surface area contributed by atoms with Crippen molar-refractivity contribution in [3.05, 3.63) is 29.8 Å². The van der Waals surface area contributed by atoms with Crippen molar-refractivity contribution in [2.75, 3.05) is 6.54 Å². The second-order valence-corrected chi connectivity index (χ2v) is 6.35. The molecule has 1 aromatic rings. The standard InChI is InChI=1S/C14H16F3NO2S/c1-9-6-7-18(12(9)13(19)20)8-10-2-4-11(5-3-10)21-14(15,16)17/h2-5,9,12H,6-8H2,1H3,(H,19,20). The second-order valence-electron chi connectivity index (χ2n) is 5.21. The van der Waals surface area contributed by atoms with Gasteiger partial charge in [0, 0.05) is 11.4 Å². The van der Waals surface area contributed by atoms with Gasteiger partial charge in [-0.2, -0.15) is 13.2 Å². The molecule has 1 heterocycles. The number of alkyl halides is 3. The van der Waals surface area contributed by atoms with Gasteiger partial charge >= 0.3 is 11.5 Å². The van der Waals surface area contributed by atoms with Crippen LogP contribution in [0.1, 0.15) is 18.9 Å². The predicted octanol–water partition coefficient (Wildman–Crippen LogP) is 3.59.